The van der Waals surface area contributed by atoms with E-state index >= 15 is 0 Å². The number of sulfonamides is 1. The van der Waals surface area contributed by atoms with Crippen LogP contribution in [-0.4, -0.2) is 37.0 Å². The molecule has 0 unspecified atom stereocenters. The third kappa shape index (κ3) is 6.11. The van der Waals surface area contributed by atoms with Gasteiger partial charge in [0.25, 0.3) is 0 Å². The lowest BCUT2D eigenvalue weighted by Gasteiger charge is -2.14. The van der Waals surface area contributed by atoms with Crippen molar-refractivity contribution in [2.24, 2.45) is 5.14 Å². The van der Waals surface area contributed by atoms with Gasteiger partial charge in [0.05, 0.1) is 23.5 Å². The summed E-state index contributed by atoms with van der Waals surface area (Å²) in [6.45, 7) is 3.79. The maximum atomic E-state index is 12.6. The quantitative estimate of drug-likeness (QED) is 0.255. The van der Waals surface area contributed by atoms with Crippen LogP contribution in [0.5, 0.6) is 5.75 Å². The van der Waals surface area contributed by atoms with Crippen molar-refractivity contribution in [3.05, 3.63) is 65.4 Å². The van der Waals surface area contributed by atoms with Gasteiger partial charge in [0.15, 0.2) is 16.8 Å². The molecule has 0 saturated heterocycles. The highest BCUT2D eigenvalue weighted by atomic mass is 32.2. The van der Waals surface area contributed by atoms with Gasteiger partial charge in [-0.05, 0) is 48.4 Å². The number of rotatable bonds is 9. The van der Waals surface area contributed by atoms with Gasteiger partial charge in [0, 0.05) is 11.3 Å². The van der Waals surface area contributed by atoms with Gasteiger partial charge >= 0.3 is 0 Å². The summed E-state index contributed by atoms with van der Waals surface area (Å²) in [7, 11) is -2.35. The number of Topliss-reactive ketones (excluding diaryl/α,β-unsaturated/α-hetero) is 1. The number of thioether (sulfide) groups is 1. The second-order valence-corrected chi connectivity index (χ2v) is 10.0. The molecular formula is C23H23N5O4S2. The van der Waals surface area contributed by atoms with Crippen molar-refractivity contribution >= 4 is 39.1 Å². The molecule has 2 aromatic carbocycles. The van der Waals surface area contributed by atoms with Crippen LogP contribution in [0.25, 0.3) is 0 Å². The average Bonchev–Trinajstić information content (AvgIpc) is 2.81. The molecule has 0 aliphatic heterocycles. The largest absolute Gasteiger partial charge is 0.497 e. The van der Waals surface area contributed by atoms with Gasteiger partial charge in [-0.15, -0.1) is 0 Å². The third-order valence-corrected chi connectivity index (χ3v) is 6.50. The van der Waals surface area contributed by atoms with Crippen LogP contribution in [0.4, 0.5) is 11.5 Å². The van der Waals surface area contributed by atoms with Crippen LogP contribution in [0, 0.1) is 11.3 Å². The van der Waals surface area contributed by atoms with Crippen LogP contribution in [0.3, 0.4) is 0 Å². The second kappa shape index (κ2) is 10.6. The molecule has 9 nitrogen and oxygen atoms in total. The first-order valence-corrected chi connectivity index (χ1v) is 12.7. The molecule has 0 bridgehead atoms. The van der Waals surface area contributed by atoms with Crippen LogP contribution in [0.1, 0.15) is 41.4 Å². The van der Waals surface area contributed by atoms with E-state index in [1.54, 1.807) is 37.4 Å². The fraction of sp³-hybridized carbons (Fsp3) is 0.217. The molecule has 0 aliphatic rings. The minimum Gasteiger partial charge on any atom is -0.497 e. The van der Waals surface area contributed by atoms with Crippen LogP contribution < -0.4 is 15.2 Å². The number of hydrogen-bond acceptors (Lipinski definition) is 9. The van der Waals surface area contributed by atoms with Gasteiger partial charge in [-0.3, -0.25) is 4.79 Å². The first-order valence-electron chi connectivity index (χ1n) is 10.1. The number of nitrogens with two attached hydrogens (primary N) is 1. The zero-order valence-electron chi connectivity index (χ0n) is 18.8. The minimum absolute atomic E-state index is 0.0752. The van der Waals surface area contributed by atoms with Gasteiger partial charge in [0.1, 0.15) is 17.4 Å². The molecule has 0 fully saturated rings. The minimum atomic E-state index is -3.90. The molecular weight excluding hydrogens is 474 g/mol. The predicted octanol–water partition coefficient (Wildman–Crippen LogP) is 3.85. The summed E-state index contributed by atoms with van der Waals surface area (Å²) in [6.07, 6.45) is 0. The summed E-state index contributed by atoms with van der Waals surface area (Å²) >= 11 is 1.15. The Labute approximate surface area is 202 Å². The Balaban J connectivity index is 1.90. The van der Waals surface area contributed by atoms with Gasteiger partial charge in [0.2, 0.25) is 10.0 Å². The fourth-order valence-electron chi connectivity index (χ4n) is 3.02. The number of nitriles is 1. The Morgan fingerprint density at radius 1 is 1.21 bits per heavy atom. The molecule has 3 rings (SSSR count). The first-order chi connectivity index (χ1) is 16.1. The number of nitrogens with zero attached hydrogens (tertiary/aromatic N) is 3. The molecule has 0 aliphatic carbocycles. The zero-order chi connectivity index (χ0) is 24.9. The summed E-state index contributed by atoms with van der Waals surface area (Å²) in [5, 5.41) is 18.3. The van der Waals surface area contributed by atoms with Gasteiger partial charge in [-0.2, -0.15) is 5.26 Å². The van der Waals surface area contributed by atoms with E-state index in [-0.39, 0.29) is 33.7 Å². The Morgan fingerprint density at radius 2 is 1.91 bits per heavy atom. The molecule has 0 saturated carbocycles. The number of carbonyl (C=O) groups excluding carboxylic acids is 1. The van der Waals surface area contributed by atoms with E-state index in [4.69, 9.17) is 9.88 Å². The van der Waals surface area contributed by atoms with Crippen molar-refractivity contribution in [2.75, 3.05) is 18.2 Å². The summed E-state index contributed by atoms with van der Waals surface area (Å²) < 4.78 is 28.5. The van der Waals surface area contributed by atoms with E-state index in [9.17, 15) is 18.5 Å². The van der Waals surface area contributed by atoms with Crippen LogP contribution in [0.15, 0.2) is 58.6 Å². The maximum absolute atomic E-state index is 12.6. The topological polar surface area (TPSA) is 148 Å². The number of ether oxygens (including phenoxy) is 1. The van der Waals surface area contributed by atoms with Crippen molar-refractivity contribution in [2.45, 2.75) is 29.8 Å². The number of primary sulfonamides is 1. The van der Waals surface area contributed by atoms with Gasteiger partial charge in [-0.25, -0.2) is 23.5 Å². The number of nitrogens with one attached hydrogen (secondary N) is 1. The average molecular weight is 498 g/mol. The molecule has 3 aromatic rings. The number of hydrogen-bond donors (Lipinski definition) is 2. The third-order valence-electron chi connectivity index (χ3n) is 4.74. The number of aromatic nitrogens is 2. The summed E-state index contributed by atoms with van der Waals surface area (Å²) in [4.78, 5) is 21.5. The highest BCUT2D eigenvalue weighted by Gasteiger charge is 2.19. The van der Waals surface area contributed by atoms with E-state index in [0.29, 0.717) is 27.9 Å². The fourth-order valence-corrected chi connectivity index (χ4v) is 4.32. The van der Waals surface area contributed by atoms with Crippen molar-refractivity contribution in [3.8, 4) is 11.8 Å². The lowest BCUT2D eigenvalue weighted by atomic mass is 10.1. The van der Waals surface area contributed by atoms with Crippen LogP contribution >= 0.6 is 11.8 Å². The van der Waals surface area contributed by atoms with Gasteiger partial charge < -0.3 is 10.1 Å². The first kappa shape index (κ1) is 25.2. The summed E-state index contributed by atoms with van der Waals surface area (Å²) in [5.74, 6) is 0.763. The van der Waals surface area contributed by atoms with Crippen molar-refractivity contribution in [1.82, 2.24) is 9.97 Å². The number of carbonyl (C=O) groups is 1. The molecule has 0 spiro atoms. The summed E-state index contributed by atoms with van der Waals surface area (Å²) in [6, 6.07) is 14.8. The van der Waals surface area contributed by atoms with E-state index < -0.39 is 10.0 Å². The Bertz CT molecular complexity index is 1350. The van der Waals surface area contributed by atoms with Gasteiger partial charge in [-0.1, -0.05) is 31.7 Å². The number of anilines is 2. The molecule has 0 radical (unpaired) electrons. The lowest BCUT2D eigenvalue weighted by Crippen LogP contribution is -2.12. The standard InChI is InChI=1S/C23H23N5O4S2/c1-14(2)21-19(12-24)22(26-16-5-4-6-18(11-16)34(25,30)31)28-23(27-21)33-13-20(29)15-7-9-17(32-3)10-8-15/h4-11,14H,13H2,1-3H3,(H2,25,30,31)(H,26,27,28). The lowest BCUT2D eigenvalue weighted by molar-refractivity contribution is 0.102. The van der Waals surface area contributed by atoms with Crippen LogP contribution in [-0.2, 0) is 10.0 Å². The molecule has 11 heteroatoms. The van der Waals surface area contributed by atoms with E-state index in [2.05, 4.69) is 21.4 Å². The Kier molecular flexibility index (Phi) is 7.88. The zero-order valence-corrected chi connectivity index (χ0v) is 20.4. The van der Waals surface area contributed by atoms with Crippen LogP contribution in [0.2, 0.25) is 0 Å². The molecule has 3 N–H and O–H groups in total. The molecule has 176 valence electrons. The van der Waals surface area contributed by atoms with Crippen molar-refractivity contribution in [1.29, 1.82) is 5.26 Å². The molecule has 1 aromatic heterocycles. The van der Waals surface area contributed by atoms with Crippen molar-refractivity contribution < 1.29 is 17.9 Å². The Morgan fingerprint density at radius 3 is 2.50 bits per heavy atom. The molecule has 0 atom stereocenters. The second-order valence-electron chi connectivity index (χ2n) is 7.52. The van der Waals surface area contributed by atoms with E-state index in [0.717, 1.165) is 11.8 Å². The number of methoxy groups -OCH3 is 1. The molecule has 0 amide bonds. The monoisotopic (exact) mass is 497 g/mol. The number of benzene rings is 2. The maximum Gasteiger partial charge on any atom is 0.238 e. The highest BCUT2D eigenvalue weighted by molar-refractivity contribution is 7.99. The predicted molar refractivity (Wildman–Crippen MR) is 130 cm³/mol. The van der Waals surface area contributed by atoms with E-state index in [1.807, 2.05) is 13.8 Å². The SMILES string of the molecule is COc1ccc(C(=O)CSc2nc(Nc3cccc(S(N)(=O)=O)c3)c(C#N)c(C(C)C)n2)cc1. The summed E-state index contributed by atoms with van der Waals surface area (Å²) in [5.41, 5.74) is 1.68. The molecule has 34 heavy (non-hydrogen) atoms. The van der Waals surface area contributed by atoms with Crippen molar-refractivity contribution in [3.63, 3.8) is 0 Å². The highest BCUT2D eigenvalue weighted by Crippen LogP contribution is 2.29. The van der Waals surface area contributed by atoms with E-state index in [1.165, 1.54) is 18.2 Å². The normalized spacial score (nSPS) is 11.2. The molecule has 1 heterocycles. The smallest absolute Gasteiger partial charge is 0.238 e. The number of ketones is 1. The Hall–Kier alpha value is -3.46.